The first-order chi connectivity index (χ1) is 18.0. The number of hydrogen-bond donors (Lipinski definition) is 0. The maximum atomic E-state index is 6.06. The second kappa shape index (κ2) is 14.6. The molecule has 4 aromatic rings. The summed E-state index contributed by atoms with van der Waals surface area (Å²) in [6.07, 6.45) is 0. The number of rotatable bonds is 11. The lowest BCUT2D eigenvalue weighted by atomic mass is 10.2. The first-order valence-electron chi connectivity index (χ1n) is 12.8. The molecule has 0 aliphatic rings. The van der Waals surface area contributed by atoms with E-state index in [2.05, 4.69) is 27.8 Å². The van der Waals surface area contributed by atoms with Gasteiger partial charge in [0, 0.05) is 0 Å². The second-order valence-electron chi connectivity index (χ2n) is 8.70. The normalized spacial score (nSPS) is 10.5. The van der Waals surface area contributed by atoms with Crippen molar-refractivity contribution < 1.29 is 23.2 Å². The second-order valence-corrected chi connectivity index (χ2v) is 8.70. The van der Waals surface area contributed by atoms with Gasteiger partial charge in [-0.05, 0) is 69.3 Å². The van der Waals surface area contributed by atoms with E-state index in [9.17, 15) is 0 Å². The molecule has 0 radical (unpaired) electrons. The fraction of sp³-hybridized carbons (Fsp3) is 0.226. The maximum Gasteiger partial charge on any atom is 0.864 e. The largest absolute Gasteiger partial charge is 0.864 e. The van der Waals surface area contributed by atoms with Gasteiger partial charge < -0.3 is 23.2 Å². The Morgan fingerprint density at radius 2 is 0.865 bits per heavy atom. The molecule has 4 aromatic carbocycles. The number of hydrogen-bond acceptors (Lipinski definition) is 4. The van der Waals surface area contributed by atoms with Crippen LogP contribution in [-0.2, 0) is 0 Å². The predicted molar refractivity (Wildman–Crippen MR) is 151 cm³/mol. The predicted octanol–water partition coefficient (Wildman–Crippen LogP) is 7.49. The Kier molecular flexibility index (Phi) is 10.9. The highest BCUT2D eigenvalue weighted by molar-refractivity contribution is 6.39. The van der Waals surface area contributed by atoms with Crippen molar-refractivity contribution >= 4 is 7.32 Å². The lowest BCUT2D eigenvalue weighted by molar-refractivity contribution is -0.904. The Balaban J connectivity index is 0.000000414. The van der Waals surface area contributed by atoms with Crippen LogP contribution >= 0.6 is 0 Å². The topological polar surface area (TPSA) is 36.9 Å². The van der Waals surface area contributed by atoms with E-state index >= 15 is 0 Å². The fourth-order valence-electron chi connectivity index (χ4n) is 3.31. The molecule has 0 fully saturated rings. The van der Waals surface area contributed by atoms with Crippen molar-refractivity contribution in [3.8, 4) is 28.7 Å². The summed E-state index contributed by atoms with van der Waals surface area (Å²) in [4.78, 5) is 0. The highest BCUT2D eigenvalue weighted by Gasteiger charge is 2.31. The molecular weight excluding hydrogens is 461 g/mol. The third-order valence-electron chi connectivity index (χ3n) is 6.28. The quantitative estimate of drug-likeness (QED) is 0.159. The lowest BCUT2D eigenvalue weighted by Crippen LogP contribution is -2.42. The molecule has 192 valence electrons. The number of ether oxygens (including phenoxy) is 1. The summed E-state index contributed by atoms with van der Waals surface area (Å²) in [5, 5.41) is 0. The van der Waals surface area contributed by atoms with Crippen LogP contribution in [0.5, 0.6) is 28.7 Å². The van der Waals surface area contributed by atoms with Crippen LogP contribution in [-0.4, -0.2) is 38.5 Å². The van der Waals surface area contributed by atoms with Crippen molar-refractivity contribution in [3.05, 3.63) is 115 Å². The van der Waals surface area contributed by atoms with E-state index in [-0.39, 0.29) is 0 Å². The molecule has 37 heavy (non-hydrogen) atoms. The van der Waals surface area contributed by atoms with Gasteiger partial charge in [0.1, 0.15) is 23.0 Å². The van der Waals surface area contributed by atoms with Crippen LogP contribution < -0.4 is 18.7 Å². The Morgan fingerprint density at radius 3 is 1.27 bits per heavy atom. The molecule has 0 atom stereocenters. The van der Waals surface area contributed by atoms with E-state index in [1.54, 1.807) is 0 Å². The minimum atomic E-state index is -1.000. The van der Waals surface area contributed by atoms with Crippen LogP contribution in [0.1, 0.15) is 20.8 Å². The SMILES string of the molecule is CC[N+](C)(CC)CC.c1ccc(OB(Oc2ccccc2)Oc2ccccc2Oc2ccccc2)cc1. The van der Waals surface area contributed by atoms with E-state index in [0.717, 1.165) is 0 Å². The molecule has 0 saturated heterocycles. The third-order valence-corrected chi connectivity index (χ3v) is 6.28. The van der Waals surface area contributed by atoms with Gasteiger partial charge in [-0.1, -0.05) is 66.7 Å². The summed E-state index contributed by atoms with van der Waals surface area (Å²) >= 11 is 0. The van der Waals surface area contributed by atoms with Crippen molar-refractivity contribution in [2.45, 2.75) is 20.8 Å². The molecule has 0 bridgehead atoms. The van der Waals surface area contributed by atoms with Crippen LogP contribution in [0.15, 0.2) is 115 Å². The molecule has 0 spiro atoms. The molecule has 0 aliphatic heterocycles. The van der Waals surface area contributed by atoms with Gasteiger partial charge in [-0.25, -0.2) is 0 Å². The van der Waals surface area contributed by atoms with E-state index in [4.69, 9.17) is 18.7 Å². The summed E-state index contributed by atoms with van der Waals surface area (Å²) in [5.74, 6) is 3.06. The highest BCUT2D eigenvalue weighted by atomic mass is 16.7. The molecule has 0 aliphatic carbocycles. The van der Waals surface area contributed by atoms with E-state index in [1.165, 1.54) is 24.1 Å². The van der Waals surface area contributed by atoms with Gasteiger partial charge >= 0.3 is 7.32 Å². The van der Waals surface area contributed by atoms with Crippen LogP contribution in [0.25, 0.3) is 0 Å². The fourth-order valence-corrected chi connectivity index (χ4v) is 3.31. The zero-order valence-corrected chi connectivity index (χ0v) is 22.2. The average Bonchev–Trinajstić information content (AvgIpc) is 2.96. The minimum Gasteiger partial charge on any atom is -0.490 e. The molecule has 0 heterocycles. The number of nitrogens with zero attached hydrogens (tertiary/aromatic N) is 1. The van der Waals surface area contributed by atoms with E-state index < -0.39 is 7.32 Å². The van der Waals surface area contributed by atoms with Gasteiger partial charge in [0.2, 0.25) is 0 Å². The Labute approximate surface area is 222 Å². The number of para-hydroxylation sites is 5. The summed E-state index contributed by atoms with van der Waals surface area (Å²) in [6, 6.07) is 35.7. The summed E-state index contributed by atoms with van der Waals surface area (Å²) < 4.78 is 25.1. The van der Waals surface area contributed by atoms with Gasteiger partial charge in [-0.15, -0.1) is 0 Å². The minimum absolute atomic E-state index is 0.508. The van der Waals surface area contributed by atoms with Crippen molar-refractivity contribution in [1.29, 1.82) is 0 Å². The standard InChI is InChI=1S/C24H19BO4.C7H18N/c1-4-12-20(13-5-1)26-23-18-10-11-19-24(23)29-25(27-21-14-6-2-7-15-21)28-22-16-8-3-9-17-22;1-5-8(4,6-2)7-3/h1-19H;5-7H2,1-4H3/q;+1. The summed E-state index contributed by atoms with van der Waals surface area (Å²) in [6.45, 7) is 10.5. The molecule has 5 nitrogen and oxygen atoms in total. The van der Waals surface area contributed by atoms with Gasteiger partial charge in [-0.2, -0.15) is 0 Å². The van der Waals surface area contributed by atoms with E-state index in [0.29, 0.717) is 28.7 Å². The molecule has 4 rings (SSSR count). The van der Waals surface area contributed by atoms with E-state index in [1.807, 2.05) is 115 Å². The third kappa shape index (κ3) is 9.24. The van der Waals surface area contributed by atoms with Gasteiger partial charge in [-0.3, -0.25) is 0 Å². The van der Waals surface area contributed by atoms with Gasteiger partial charge in [0.25, 0.3) is 0 Å². The van der Waals surface area contributed by atoms with Crippen LogP contribution in [0.3, 0.4) is 0 Å². The number of quaternary nitrogens is 1. The molecule has 0 amide bonds. The lowest BCUT2D eigenvalue weighted by Gasteiger charge is -2.30. The van der Waals surface area contributed by atoms with Crippen LogP contribution in [0.2, 0.25) is 0 Å². The molecule has 0 unspecified atom stereocenters. The van der Waals surface area contributed by atoms with Crippen LogP contribution in [0.4, 0.5) is 0 Å². The average molecular weight is 498 g/mol. The zero-order valence-electron chi connectivity index (χ0n) is 22.2. The zero-order chi connectivity index (χ0) is 26.3. The van der Waals surface area contributed by atoms with Crippen molar-refractivity contribution in [1.82, 2.24) is 0 Å². The van der Waals surface area contributed by atoms with Crippen molar-refractivity contribution in [2.75, 3.05) is 26.7 Å². The molecular formula is C31H37BNO4+. The van der Waals surface area contributed by atoms with Crippen molar-refractivity contribution in [2.24, 2.45) is 0 Å². The maximum absolute atomic E-state index is 6.06. The first-order valence-corrected chi connectivity index (χ1v) is 12.8. The monoisotopic (exact) mass is 498 g/mol. The smallest absolute Gasteiger partial charge is 0.490 e. The molecule has 0 saturated carbocycles. The Hall–Kier alpha value is -3.90. The summed E-state index contributed by atoms with van der Waals surface area (Å²) in [7, 11) is 1.29. The molecule has 0 N–H and O–H groups in total. The Bertz CT molecular complexity index is 1110. The molecule has 0 aromatic heterocycles. The highest BCUT2D eigenvalue weighted by Crippen LogP contribution is 2.32. The Morgan fingerprint density at radius 1 is 0.486 bits per heavy atom. The first kappa shape index (κ1) is 27.7. The van der Waals surface area contributed by atoms with Crippen LogP contribution in [0, 0.1) is 0 Å². The van der Waals surface area contributed by atoms with Gasteiger partial charge in [0.05, 0.1) is 26.7 Å². The van der Waals surface area contributed by atoms with Gasteiger partial charge in [0.15, 0.2) is 5.75 Å². The van der Waals surface area contributed by atoms with Crippen molar-refractivity contribution in [3.63, 3.8) is 0 Å². The number of benzene rings is 4. The molecule has 6 heteroatoms. The summed E-state index contributed by atoms with van der Waals surface area (Å²) in [5.41, 5.74) is 0.